The van der Waals surface area contributed by atoms with Gasteiger partial charge in [-0.3, -0.25) is 9.59 Å². The topological polar surface area (TPSA) is 58.6 Å². The van der Waals surface area contributed by atoms with Crippen molar-refractivity contribution in [2.75, 3.05) is 17.3 Å². The normalized spacial score (nSPS) is 13.2. The molecule has 0 saturated heterocycles. The van der Waals surface area contributed by atoms with Gasteiger partial charge in [-0.25, -0.2) is 0 Å². The molecular weight excluding hydrogens is 304 g/mol. The average Bonchev–Trinajstić information content (AvgIpc) is 3.41. The number of benzene rings is 2. The van der Waals surface area contributed by atoms with Crippen molar-refractivity contribution in [1.29, 1.82) is 0 Å². The highest BCUT2D eigenvalue weighted by Gasteiger charge is 2.34. The van der Waals surface area contributed by atoms with Crippen LogP contribution in [0.5, 0.6) is 5.75 Å². The van der Waals surface area contributed by atoms with Crippen LogP contribution in [0.3, 0.4) is 0 Å². The van der Waals surface area contributed by atoms with E-state index in [0.717, 1.165) is 24.2 Å². The molecule has 124 valence electrons. The third-order valence-electron chi connectivity index (χ3n) is 3.91. The minimum Gasteiger partial charge on any atom is -0.497 e. The van der Waals surface area contributed by atoms with Crippen LogP contribution in [0.25, 0.3) is 0 Å². The summed E-state index contributed by atoms with van der Waals surface area (Å²) in [6, 6.07) is 14.8. The number of methoxy groups -OCH3 is 1. The summed E-state index contributed by atoms with van der Waals surface area (Å²) in [6.07, 6.45) is 2.01. The van der Waals surface area contributed by atoms with Crippen LogP contribution >= 0.6 is 0 Å². The van der Waals surface area contributed by atoms with Gasteiger partial charge in [0.15, 0.2) is 0 Å². The zero-order valence-electron chi connectivity index (χ0n) is 13.8. The highest BCUT2D eigenvalue weighted by molar-refractivity contribution is 6.07. The van der Waals surface area contributed by atoms with E-state index in [9.17, 15) is 9.59 Å². The number of carbonyl (C=O) groups is 2. The fourth-order valence-corrected chi connectivity index (χ4v) is 2.63. The molecule has 0 aliphatic heterocycles. The Morgan fingerprint density at radius 3 is 2.42 bits per heavy atom. The first-order valence-electron chi connectivity index (χ1n) is 7.94. The molecule has 0 unspecified atom stereocenters. The Morgan fingerprint density at radius 1 is 1.12 bits per heavy atom. The molecule has 0 radical (unpaired) electrons. The Morgan fingerprint density at radius 2 is 1.83 bits per heavy atom. The van der Waals surface area contributed by atoms with Gasteiger partial charge in [0.05, 0.1) is 7.11 Å². The molecule has 2 aromatic rings. The number of rotatable bonds is 5. The first-order valence-corrected chi connectivity index (χ1v) is 7.94. The minimum atomic E-state index is -0.116. The summed E-state index contributed by atoms with van der Waals surface area (Å²) in [4.78, 5) is 25.9. The molecule has 1 aliphatic rings. The van der Waals surface area contributed by atoms with Crippen molar-refractivity contribution >= 4 is 23.2 Å². The van der Waals surface area contributed by atoms with Crippen molar-refractivity contribution in [1.82, 2.24) is 0 Å². The van der Waals surface area contributed by atoms with Crippen molar-refractivity contribution in [3.8, 4) is 5.75 Å². The smallest absolute Gasteiger partial charge is 0.258 e. The van der Waals surface area contributed by atoms with Crippen LogP contribution in [0, 0.1) is 0 Å². The van der Waals surface area contributed by atoms with Crippen LogP contribution in [-0.2, 0) is 4.79 Å². The predicted molar refractivity (Wildman–Crippen MR) is 93.6 cm³/mol. The molecular formula is C19H20N2O3. The lowest BCUT2D eigenvalue weighted by Crippen LogP contribution is -2.33. The highest BCUT2D eigenvalue weighted by Crippen LogP contribution is 2.34. The fourth-order valence-electron chi connectivity index (χ4n) is 2.63. The van der Waals surface area contributed by atoms with Gasteiger partial charge in [-0.15, -0.1) is 0 Å². The largest absolute Gasteiger partial charge is 0.497 e. The molecule has 5 heteroatoms. The fraction of sp³-hybridized carbons (Fsp3) is 0.263. The molecule has 1 aliphatic carbocycles. The van der Waals surface area contributed by atoms with Crippen molar-refractivity contribution in [3.05, 3.63) is 54.1 Å². The lowest BCUT2D eigenvalue weighted by atomic mass is 10.1. The van der Waals surface area contributed by atoms with E-state index in [1.807, 2.05) is 41.3 Å². The zero-order chi connectivity index (χ0) is 17.1. The van der Waals surface area contributed by atoms with Crippen molar-refractivity contribution in [2.45, 2.75) is 25.8 Å². The number of nitrogens with one attached hydrogen (secondary N) is 1. The number of hydrogen-bond donors (Lipinski definition) is 1. The van der Waals surface area contributed by atoms with Gasteiger partial charge in [-0.1, -0.05) is 6.07 Å². The Bertz CT molecular complexity index is 751. The number of nitrogens with zero attached hydrogens (tertiary/aromatic N) is 1. The molecule has 5 nitrogen and oxygen atoms in total. The van der Waals surface area contributed by atoms with Gasteiger partial charge in [-0.05, 0) is 55.3 Å². The number of amides is 2. The Balaban J connectivity index is 1.86. The van der Waals surface area contributed by atoms with Gasteiger partial charge in [0.1, 0.15) is 5.75 Å². The highest BCUT2D eigenvalue weighted by atomic mass is 16.5. The first kappa shape index (κ1) is 16.1. The lowest BCUT2D eigenvalue weighted by Gasteiger charge is -2.23. The van der Waals surface area contributed by atoms with Crippen LogP contribution in [-0.4, -0.2) is 25.0 Å². The Labute approximate surface area is 141 Å². The summed E-state index contributed by atoms with van der Waals surface area (Å²) >= 11 is 0. The van der Waals surface area contributed by atoms with E-state index in [1.165, 1.54) is 6.92 Å². The lowest BCUT2D eigenvalue weighted by molar-refractivity contribution is -0.114. The first-order chi connectivity index (χ1) is 11.6. The summed E-state index contributed by atoms with van der Waals surface area (Å²) in [6.45, 7) is 1.47. The SMILES string of the molecule is COc1cccc(C(=O)N(c2ccc(NC(C)=O)cc2)C2CC2)c1. The van der Waals surface area contributed by atoms with E-state index >= 15 is 0 Å². The Hall–Kier alpha value is -2.82. The summed E-state index contributed by atoms with van der Waals surface area (Å²) in [5, 5.41) is 2.73. The molecule has 24 heavy (non-hydrogen) atoms. The van der Waals surface area contributed by atoms with Gasteiger partial charge in [0.25, 0.3) is 5.91 Å². The molecule has 0 spiro atoms. The van der Waals surface area contributed by atoms with E-state index in [0.29, 0.717) is 11.3 Å². The van der Waals surface area contributed by atoms with Crippen LogP contribution in [0.2, 0.25) is 0 Å². The molecule has 2 aromatic carbocycles. The summed E-state index contributed by atoms with van der Waals surface area (Å²) in [7, 11) is 1.59. The maximum atomic E-state index is 13.0. The molecule has 1 saturated carbocycles. The number of hydrogen-bond acceptors (Lipinski definition) is 3. The third-order valence-corrected chi connectivity index (χ3v) is 3.91. The van der Waals surface area contributed by atoms with Gasteiger partial charge in [-0.2, -0.15) is 0 Å². The second-order valence-corrected chi connectivity index (χ2v) is 5.87. The van der Waals surface area contributed by atoms with Gasteiger partial charge < -0.3 is 15.0 Å². The third kappa shape index (κ3) is 3.56. The number of anilines is 2. The van der Waals surface area contributed by atoms with E-state index in [-0.39, 0.29) is 17.9 Å². The average molecular weight is 324 g/mol. The summed E-state index contributed by atoms with van der Waals surface area (Å²) in [5.74, 6) is 0.510. The standard InChI is InChI=1S/C19H20N2O3/c1-13(22)20-15-6-8-16(9-7-15)21(17-10-11-17)19(23)14-4-3-5-18(12-14)24-2/h3-9,12,17H,10-11H2,1-2H3,(H,20,22). The van der Waals surface area contributed by atoms with Crippen molar-refractivity contribution < 1.29 is 14.3 Å². The maximum Gasteiger partial charge on any atom is 0.258 e. The van der Waals surface area contributed by atoms with Gasteiger partial charge in [0.2, 0.25) is 5.91 Å². The number of ether oxygens (including phenoxy) is 1. The van der Waals surface area contributed by atoms with E-state index in [4.69, 9.17) is 4.74 Å². The van der Waals surface area contributed by atoms with E-state index in [1.54, 1.807) is 19.2 Å². The van der Waals surface area contributed by atoms with Crippen LogP contribution in [0.1, 0.15) is 30.1 Å². The van der Waals surface area contributed by atoms with Crippen LogP contribution < -0.4 is 15.0 Å². The molecule has 0 atom stereocenters. The molecule has 1 N–H and O–H groups in total. The Kier molecular flexibility index (Phi) is 4.51. The predicted octanol–water partition coefficient (Wildman–Crippen LogP) is 3.46. The molecule has 1 fully saturated rings. The van der Waals surface area contributed by atoms with Gasteiger partial charge >= 0.3 is 0 Å². The zero-order valence-corrected chi connectivity index (χ0v) is 13.8. The monoisotopic (exact) mass is 324 g/mol. The van der Waals surface area contributed by atoms with Crippen molar-refractivity contribution in [2.24, 2.45) is 0 Å². The molecule has 2 amide bonds. The van der Waals surface area contributed by atoms with Crippen molar-refractivity contribution in [3.63, 3.8) is 0 Å². The molecule has 3 rings (SSSR count). The minimum absolute atomic E-state index is 0.0383. The summed E-state index contributed by atoms with van der Waals surface area (Å²) < 4.78 is 5.21. The molecule has 0 aromatic heterocycles. The quantitative estimate of drug-likeness (QED) is 0.916. The second kappa shape index (κ2) is 6.74. The summed E-state index contributed by atoms with van der Waals surface area (Å²) in [5.41, 5.74) is 2.16. The van der Waals surface area contributed by atoms with E-state index in [2.05, 4.69) is 5.32 Å². The maximum absolute atomic E-state index is 13.0. The van der Waals surface area contributed by atoms with Gasteiger partial charge in [0, 0.05) is 29.9 Å². The molecule has 0 heterocycles. The van der Waals surface area contributed by atoms with E-state index < -0.39 is 0 Å². The molecule has 0 bridgehead atoms. The second-order valence-electron chi connectivity index (χ2n) is 5.87. The van der Waals surface area contributed by atoms with Crippen LogP contribution in [0.4, 0.5) is 11.4 Å². The van der Waals surface area contributed by atoms with Crippen LogP contribution in [0.15, 0.2) is 48.5 Å². The number of carbonyl (C=O) groups excluding carboxylic acids is 2.